The van der Waals surface area contributed by atoms with E-state index in [2.05, 4.69) is 59.9 Å². The number of benzene rings is 3. The summed E-state index contributed by atoms with van der Waals surface area (Å²) in [5.74, 6) is 0.896. The van der Waals surface area contributed by atoms with Crippen LogP contribution in [0.25, 0.3) is 27.5 Å². The minimum Gasteiger partial charge on any atom is -0.341 e. The normalized spacial score (nSPS) is 11.2. The van der Waals surface area contributed by atoms with E-state index < -0.39 is 0 Å². The molecule has 0 bridgehead atoms. The Hall–Kier alpha value is -3.84. The lowest BCUT2D eigenvalue weighted by Crippen LogP contribution is -2.02. The quantitative estimate of drug-likeness (QED) is 0.427. The molecule has 134 valence electrons. The number of aryl methyl sites for hydroxylation is 2. The Bertz CT molecular complexity index is 1420. The fourth-order valence-electron chi connectivity index (χ4n) is 3.77. The molecule has 0 aliphatic heterocycles. The summed E-state index contributed by atoms with van der Waals surface area (Å²) in [5.41, 5.74) is 6.23. The Kier molecular flexibility index (Phi) is 3.56. The van der Waals surface area contributed by atoms with Crippen molar-refractivity contribution in [1.82, 2.24) is 9.38 Å². The first-order valence-corrected chi connectivity index (χ1v) is 9.22. The second-order valence-corrected chi connectivity index (χ2v) is 7.15. The van der Waals surface area contributed by atoms with Crippen LogP contribution in [0, 0.1) is 25.2 Å². The number of rotatable bonds is 2. The predicted molar refractivity (Wildman–Crippen MR) is 114 cm³/mol. The standard InChI is InChI=1S/C24H18N4/c1-15-7-10-22-21(11-15)27-24-20(14-25)16(2)12-23(28(22)24)26-19-9-8-17-5-3-4-6-18(17)13-19/h3-13,26H,1-2H3. The molecule has 4 heteroatoms. The van der Waals surface area contributed by atoms with Crippen molar-refractivity contribution in [2.24, 2.45) is 0 Å². The van der Waals surface area contributed by atoms with Crippen LogP contribution in [0.1, 0.15) is 16.7 Å². The van der Waals surface area contributed by atoms with Crippen LogP contribution in [0.4, 0.5) is 11.5 Å². The van der Waals surface area contributed by atoms with Gasteiger partial charge in [0.2, 0.25) is 0 Å². The van der Waals surface area contributed by atoms with E-state index in [-0.39, 0.29) is 0 Å². The van der Waals surface area contributed by atoms with E-state index in [9.17, 15) is 5.26 Å². The van der Waals surface area contributed by atoms with Crippen LogP contribution in [0.3, 0.4) is 0 Å². The number of nitrogens with one attached hydrogen (secondary N) is 1. The lowest BCUT2D eigenvalue weighted by molar-refractivity contribution is 1.19. The number of nitriles is 1. The molecule has 5 rings (SSSR count). The zero-order valence-electron chi connectivity index (χ0n) is 15.7. The van der Waals surface area contributed by atoms with Gasteiger partial charge in [0.05, 0.1) is 16.6 Å². The average Bonchev–Trinajstić information content (AvgIpc) is 3.06. The molecule has 0 radical (unpaired) electrons. The van der Waals surface area contributed by atoms with E-state index in [0.29, 0.717) is 11.2 Å². The summed E-state index contributed by atoms with van der Waals surface area (Å²) in [6, 6.07) is 25.1. The first kappa shape index (κ1) is 16.3. The number of anilines is 2. The fourth-order valence-corrected chi connectivity index (χ4v) is 3.77. The number of nitrogens with zero attached hydrogens (tertiary/aromatic N) is 3. The lowest BCUT2D eigenvalue weighted by Gasteiger charge is -2.13. The zero-order valence-corrected chi connectivity index (χ0v) is 15.7. The van der Waals surface area contributed by atoms with Gasteiger partial charge in [-0.2, -0.15) is 5.26 Å². The number of pyridine rings is 1. The summed E-state index contributed by atoms with van der Waals surface area (Å²) in [7, 11) is 0. The molecule has 0 spiro atoms. The third-order valence-electron chi connectivity index (χ3n) is 5.16. The topological polar surface area (TPSA) is 53.1 Å². The molecule has 0 saturated heterocycles. The van der Waals surface area contributed by atoms with Crippen LogP contribution >= 0.6 is 0 Å². The number of fused-ring (bicyclic) bond motifs is 4. The van der Waals surface area contributed by atoms with Crippen molar-refractivity contribution in [1.29, 1.82) is 5.26 Å². The SMILES string of the molecule is Cc1ccc2c(c1)nc1c(C#N)c(C)cc(Nc3ccc4ccccc4c3)n12. The molecule has 2 heterocycles. The molecule has 0 unspecified atom stereocenters. The van der Waals surface area contributed by atoms with Crippen LogP contribution in [-0.2, 0) is 0 Å². The third-order valence-corrected chi connectivity index (χ3v) is 5.16. The van der Waals surface area contributed by atoms with E-state index in [1.165, 1.54) is 10.8 Å². The Labute approximate surface area is 162 Å². The van der Waals surface area contributed by atoms with E-state index in [4.69, 9.17) is 4.98 Å². The van der Waals surface area contributed by atoms with Gasteiger partial charge in [-0.3, -0.25) is 4.40 Å². The first-order valence-electron chi connectivity index (χ1n) is 9.22. The molecular weight excluding hydrogens is 344 g/mol. The monoisotopic (exact) mass is 362 g/mol. The van der Waals surface area contributed by atoms with Crippen LogP contribution in [0.15, 0.2) is 66.7 Å². The van der Waals surface area contributed by atoms with Gasteiger partial charge < -0.3 is 5.32 Å². The molecule has 2 aromatic heterocycles. The molecule has 0 atom stereocenters. The van der Waals surface area contributed by atoms with Gasteiger partial charge in [-0.25, -0.2) is 4.98 Å². The maximum Gasteiger partial charge on any atom is 0.157 e. The van der Waals surface area contributed by atoms with E-state index in [0.717, 1.165) is 33.7 Å². The molecule has 3 aromatic carbocycles. The maximum absolute atomic E-state index is 9.67. The highest BCUT2D eigenvalue weighted by molar-refractivity contribution is 5.88. The van der Waals surface area contributed by atoms with Gasteiger partial charge in [-0.15, -0.1) is 0 Å². The fraction of sp³-hybridized carbons (Fsp3) is 0.0833. The first-order chi connectivity index (χ1) is 13.6. The van der Waals surface area contributed by atoms with E-state index in [1.54, 1.807) is 0 Å². The van der Waals surface area contributed by atoms with Crippen molar-refractivity contribution < 1.29 is 0 Å². The summed E-state index contributed by atoms with van der Waals surface area (Å²) in [6.07, 6.45) is 0. The van der Waals surface area contributed by atoms with Crippen molar-refractivity contribution in [3.63, 3.8) is 0 Å². The minimum absolute atomic E-state index is 0.609. The molecule has 0 aliphatic carbocycles. The predicted octanol–water partition coefficient (Wildman–Crippen LogP) is 5.87. The molecular formula is C24H18N4. The molecule has 1 N–H and O–H groups in total. The molecule has 0 aliphatic rings. The number of imidazole rings is 1. The van der Waals surface area contributed by atoms with Crippen molar-refractivity contribution in [3.8, 4) is 6.07 Å². The average molecular weight is 362 g/mol. The van der Waals surface area contributed by atoms with E-state index >= 15 is 0 Å². The zero-order chi connectivity index (χ0) is 19.3. The Morgan fingerprint density at radius 1 is 0.929 bits per heavy atom. The Morgan fingerprint density at radius 2 is 1.75 bits per heavy atom. The summed E-state index contributed by atoms with van der Waals surface area (Å²) in [5, 5.41) is 15.6. The van der Waals surface area contributed by atoms with Crippen LogP contribution in [-0.4, -0.2) is 9.38 Å². The molecule has 0 amide bonds. The maximum atomic E-state index is 9.67. The van der Waals surface area contributed by atoms with Crippen molar-refractivity contribution in [3.05, 3.63) is 83.4 Å². The number of hydrogen-bond acceptors (Lipinski definition) is 3. The largest absolute Gasteiger partial charge is 0.341 e. The van der Waals surface area contributed by atoms with Crippen molar-refractivity contribution in [2.45, 2.75) is 13.8 Å². The van der Waals surface area contributed by atoms with Crippen molar-refractivity contribution in [2.75, 3.05) is 5.32 Å². The minimum atomic E-state index is 0.609. The molecule has 0 saturated carbocycles. The molecule has 5 aromatic rings. The molecule has 28 heavy (non-hydrogen) atoms. The summed E-state index contributed by atoms with van der Waals surface area (Å²) >= 11 is 0. The Balaban J connectivity index is 1.76. The third kappa shape index (κ3) is 2.49. The second-order valence-electron chi connectivity index (χ2n) is 7.15. The van der Waals surface area contributed by atoms with Gasteiger partial charge in [0, 0.05) is 5.69 Å². The summed E-state index contributed by atoms with van der Waals surface area (Å²) in [4.78, 5) is 4.76. The van der Waals surface area contributed by atoms with Gasteiger partial charge in [0.25, 0.3) is 0 Å². The van der Waals surface area contributed by atoms with Crippen molar-refractivity contribution >= 4 is 39.0 Å². The van der Waals surface area contributed by atoms with Gasteiger partial charge in [0.15, 0.2) is 5.65 Å². The van der Waals surface area contributed by atoms with E-state index in [1.807, 2.05) is 36.4 Å². The molecule has 0 fully saturated rings. The highest BCUT2D eigenvalue weighted by Crippen LogP contribution is 2.30. The highest BCUT2D eigenvalue weighted by atomic mass is 15.1. The summed E-state index contributed by atoms with van der Waals surface area (Å²) < 4.78 is 2.04. The smallest absolute Gasteiger partial charge is 0.157 e. The van der Waals surface area contributed by atoms with Gasteiger partial charge in [-0.1, -0.05) is 36.4 Å². The van der Waals surface area contributed by atoms with Crippen LogP contribution in [0.5, 0.6) is 0 Å². The number of hydrogen-bond donors (Lipinski definition) is 1. The van der Waals surface area contributed by atoms with Crippen LogP contribution in [0.2, 0.25) is 0 Å². The van der Waals surface area contributed by atoms with Crippen LogP contribution < -0.4 is 5.32 Å². The molecule has 4 nitrogen and oxygen atoms in total. The van der Waals surface area contributed by atoms with Gasteiger partial charge >= 0.3 is 0 Å². The lowest BCUT2D eigenvalue weighted by atomic mass is 10.1. The number of aromatic nitrogens is 2. The van der Waals surface area contributed by atoms with Gasteiger partial charge in [-0.05, 0) is 66.1 Å². The highest BCUT2D eigenvalue weighted by Gasteiger charge is 2.15. The summed E-state index contributed by atoms with van der Waals surface area (Å²) in [6.45, 7) is 4.00. The Morgan fingerprint density at radius 3 is 2.57 bits per heavy atom. The van der Waals surface area contributed by atoms with Gasteiger partial charge in [0.1, 0.15) is 11.9 Å². The second kappa shape index (κ2) is 6.11.